The Hall–Kier alpha value is -1.56. The van der Waals surface area contributed by atoms with E-state index in [2.05, 4.69) is 14.8 Å². The molecule has 0 saturated heterocycles. The lowest BCUT2D eigenvalue weighted by Gasteiger charge is -2.09. The summed E-state index contributed by atoms with van der Waals surface area (Å²) in [5, 5.41) is 9.67. The number of hydrogen-bond acceptors (Lipinski definition) is 4. The average molecular weight is 304 g/mol. The van der Waals surface area contributed by atoms with Crippen molar-refractivity contribution < 1.29 is 4.39 Å². The van der Waals surface area contributed by atoms with Gasteiger partial charge in [-0.3, -0.25) is 0 Å². The van der Waals surface area contributed by atoms with Crippen LogP contribution in [0.1, 0.15) is 49.0 Å². The molecule has 0 bridgehead atoms. The molecule has 1 aromatic carbocycles. The van der Waals surface area contributed by atoms with E-state index >= 15 is 0 Å². The topological polar surface area (TPSA) is 56.7 Å². The van der Waals surface area contributed by atoms with E-state index in [1.54, 1.807) is 17.8 Å². The first-order valence-electron chi connectivity index (χ1n) is 7.34. The summed E-state index contributed by atoms with van der Waals surface area (Å²) in [4.78, 5) is 0. The summed E-state index contributed by atoms with van der Waals surface area (Å²) in [6.45, 7) is 0. The maximum absolute atomic E-state index is 13.3. The van der Waals surface area contributed by atoms with Crippen LogP contribution in [-0.4, -0.2) is 14.8 Å². The normalized spacial score (nSPS) is 18.1. The van der Waals surface area contributed by atoms with Crippen molar-refractivity contribution in [2.75, 3.05) is 5.73 Å². The Morgan fingerprint density at radius 2 is 2.05 bits per heavy atom. The largest absolute Gasteiger partial charge is 0.398 e. The van der Waals surface area contributed by atoms with Crippen LogP contribution in [0.25, 0.3) is 0 Å². The molecule has 110 valence electrons. The molecule has 0 aliphatic heterocycles. The molecule has 0 amide bonds. The molecule has 4 nitrogen and oxygen atoms in total. The maximum Gasteiger partial charge on any atom is 0.191 e. The van der Waals surface area contributed by atoms with E-state index in [9.17, 15) is 4.39 Å². The first kappa shape index (κ1) is 13.1. The molecule has 2 aliphatic rings. The Morgan fingerprint density at radius 1 is 1.24 bits per heavy atom. The van der Waals surface area contributed by atoms with E-state index < -0.39 is 0 Å². The number of hydrogen-bond donors (Lipinski definition) is 1. The number of rotatable bonds is 5. The fourth-order valence-electron chi connectivity index (χ4n) is 2.52. The molecule has 2 fully saturated rings. The van der Waals surface area contributed by atoms with Gasteiger partial charge in [-0.25, -0.2) is 4.39 Å². The van der Waals surface area contributed by atoms with Gasteiger partial charge in [-0.15, -0.1) is 10.2 Å². The minimum Gasteiger partial charge on any atom is -0.398 e. The van der Waals surface area contributed by atoms with E-state index in [-0.39, 0.29) is 5.82 Å². The molecule has 0 spiro atoms. The molecule has 2 aliphatic carbocycles. The highest BCUT2D eigenvalue weighted by Gasteiger charge is 2.36. The summed E-state index contributed by atoms with van der Waals surface area (Å²) in [6, 6.07) is 5.08. The fourth-order valence-corrected chi connectivity index (χ4v) is 3.54. The minimum absolute atomic E-state index is 0.248. The highest BCUT2D eigenvalue weighted by molar-refractivity contribution is 7.98. The number of nitrogen functional groups attached to an aromatic ring is 1. The first-order valence-corrected chi connectivity index (χ1v) is 8.32. The van der Waals surface area contributed by atoms with Crippen LogP contribution in [0.15, 0.2) is 23.4 Å². The van der Waals surface area contributed by atoms with Gasteiger partial charge in [0.2, 0.25) is 0 Å². The molecule has 0 radical (unpaired) electrons. The molecular formula is C15H17FN4S. The quantitative estimate of drug-likeness (QED) is 0.678. The van der Waals surface area contributed by atoms with Crippen LogP contribution in [0.4, 0.5) is 10.1 Å². The molecule has 21 heavy (non-hydrogen) atoms. The number of nitrogens with zero attached hydrogens (tertiary/aromatic N) is 3. The molecule has 6 heteroatoms. The van der Waals surface area contributed by atoms with Gasteiger partial charge in [-0.2, -0.15) is 0 Å². The zero-order valence-corrected chi connectivity index (χ0v) is 12.4. The molecule has 4 rings (SSSR count). The van der Waals surface area contributed by atoms with Crippen LogP contribution in [0, 0.1) is 5.82 Å². The second-order valence-corrected chi connectivity index (χ2v) is 6.79. The van der Waals surface area contributed by atoms with E-state index in [0.29, 0.717) is 23.4 Å². The van der Waals surface area contributed by atoms with Crippen molar-refractivity contribution in [3.8, 4) is 0 Å². The predicted octanol–water partition coefficient (Wildman–Crippen LogP) is 3.50. The van der Waals surface area contributed by atoms with Crippen molar-refractivity contribution in [1.82, 2.24) is 14.8 Å². The Morgan fingerprint density at radius 3 is 2.76 bits per heavy atom. The second kappa shape index (κ2) is 5.02. The van der Waals surface area contributed by atoms with Crippen molar-refractivity contribution in [3.05, 3.63) is 35.4 Å². The van der Waals surface area contributed by atoms with E-state index in [4.69, 9.17) is 5.73 Å². The Kier molecular flexibility index (Phi) is 3.14. The monoisotopic (exact) mass is 304 g/mol. The average Bonchev–Trinajstić information content (AvgIpc) is 3.38. The molecule has 1 aromatic heterocycles. The van der Waals surface area contributed by atoms with Crippen LogP contribution in [0.5, 0.6) is 0 Å². The van der Waals surface area contributed by atoms with Gasteiger partial charge in [-0.05, 0) is 49.4 Å². The van der Waals surface area contributed by atoms with Crippen molar-refractivity contribution in [2.45, 2.75) is 48.6 Å². The fraction of sp³-hybridized carbons (Fsp3) is 0.467. The Balaban J connectivity index is 1.55. The van der Waals surface area contributed by atoms with Gasteiger partial charge in [0.1, 0.15) is 11.6 Å². The number of benzene rings is 1. The summed E-state index contributed by atoms with van der Waals surface area (Å²) < 4.78 is 15.6. The number of thioether (sulfide) groups is 1. The number of halogens is 1. The summed E-state index contributed by atoms with van der Waals surface area (Å²) >= 11 is 1.60. The highest BCUT2D eigenvalue weighted by Crippen LogP contribution is 2.46. The van der Waals surface area contributed by atoms with Crippen LogP contribution < -0.4 is 5.73 Å². The third kappa shape index (κ3) is 2.64. The smallest absolute Gasteiger partial charge is 0.191 e. The third-order valence-corrected chi connectivity index (χ3v) is 5.00. The number of anilines is 1. The Labute approximate surface area is 126 Å². The zero-order chi connectivity index (χ0) is 14.4. The molecule has 2 N–H and O–H groups in total. The zero-order valence-electron chi connectivity index (χ0n) is 11.6. The summed E-state index contributed by atoms with van der Waals surface area (Å²) in [6.07, 6.45) is 4.89. The molecule has 0 atom stereocenters. The molecule has 0 unspecified atom stereocenters. The van der Waals surface area contributed by atoms with Crippen LogP contribution >= 0.6 is 11.8 Å². The van der Waals surface area contributed by atoms with E-state index in [1.807, 2.05) is 0 Å². The lowest BCUT2D eigenvalue weighted by atomic mass is 10.2. The summed E-state index contributed by atoms with van der Waals surface area (Å²) in [5.41, 5.74) is 7.35. The van der Waals surface area contributed by atoms with Crippen molar-refractivity contribution in [1.29, 1.82) is 0 Å². The van der Waals surface area contributed by atoms with Crippen LogP contribution in [0.3, 0.4) is 0 Å². The second-order valence-electron chi connectivity index (χ2n) is 5.85. The van der Waals surface area contributed by atoms with Gasteiger partial charge < -0.3 is 10.3 Å². The van der Waals surface area contributed by atoms with Gasteiger partial charge in [0.15, 0.2) is 5.16 Å². The SMILES string of the molecule is Nc1ccc(F)cc1CSc1nnc(C2CC2)n1C1CC1. The summed E-state index contributed by atoms with van der Waals surface area (Å²) in [7, 11) is 0. The third-order valence-electron chi connectivity index (χ3n) is 4.01. The van der Waals surface area contributed by atoms with E-state index in [0.717, 1.165) is 16.5 Å². The van der Waals surface area contributed by atoms with Gasteiger partial charge >= 0.3 is 0 Å². The predicted molar refractivity (Wildman–Crippen MR) is 80.6 cm³/mol. The van der Waals surface area contributed by atoms with Crippen molar-refractivity contribution >= 4 is 17.4 Å². The maximum atomic E-state index is 13.3. The van der Waals surface area contributed by atoms with Crippen molar-refractivity contribution in [2.24, 2.45) is 0 Å². The molecule has 2 aromatic rings. The van der Waals surface area contributed by atoms with Crippen LogP contribution in [-0.2, 0) is 5.75 Å². The van der Waals surface area contributed by atoms with Gasteiger partial charge in [0, 0.05) is 23.4 Å². The molecule has 2 saturated carbocycles. The van der Waals surface area contributed by atoms with Gasteiger partial charge in [-0.1, -0.05) is 11.8 Å². The molecular weight excluding hydrogens is 287 g/mol. The number of aromatic nitrogens is 3. The highest BCUT2D eigenvalue weighted by atomic mass is 32.2. The standard InChI is InChI=1S/C15H17FN4S/c16-11-3-6-13(17)10(7-11)8-21-15-19-18-14(9-1-2-9)20(15)12-4-5-12/h3,6-7,9,12H,1-2,4-5,8,17H2. The lowest BCUT2D eigenvalue weighted by molar-refractivity contribution is 0.625. The van der Waals surface area contributed by atoms with Gasteiger partial charge in [0.25, 0.3) is 0 Å². The Bertz CT molecular complexity index is 676. The number of nitrogens with two attached hydrogens (primary N) is 1. The first-order chi connectivity index (χ1) is 10.2. The minimum atomic E-state index is -0.248. The molecule has 1 heterocycles. The van der Waals surface area contributed by atoms with Crippen LogP contribution in [0.2, 0.25) is 0 Å². The van der Waals surface area contributed by atoms with Gasteiger partial charge in [0.05, 0.1) is 0 Å². The van der Waals surface area contributed by atoms with E-state index in [1.165, 1.54) is 37.8 Å². The lowest BCUT2D eigenvalue weighted by Crippen LogP contribution is -2.02. The van der Waals surface area contributed by atoms with Crippen molar-refractivity contribution in [3.63, 3.8) is 0 Å². The summed E-state index contributed by atoms with van der Waals surface area (Å²) in [5.74, 6) is 2.13.